The Balaban J connectivity index is 1.54. The Morgan fingerprint density at radius 1 is 1.12 bits per heavy atom. The van der Waals surface area contributed by atoms with Crippen LogP contribution in [-0.4, -0.2) is 20.7 Å². The molecule has 5 nitrogen and oxygen atoms in total. The van der Waals surface area contributed by atoms with Gasteiger partial charge < -0.3 is 5.32 Å². The maximum atomic E-state index is 13.5. The first kappa shape index (κ1) is 15.4. The molecule has 0 aliphatic heterocycles. The summed E-state index contributed by atoms with van der Waals surface area (Å²) in [7, 11) is 0. The summed E-state index contributed by atoms with van der Waals surface area (Å²) in [4.78, 5) is 16.4. The summed E-state index contributed by atoms with van der Waals surface area (Å²) in [6.45, 7) is 0. The molecule has 0 unspecified atom stereocenters. The second-order valence-corrected chi connectivity index (χ2v) is 6.05. The van der Waals surface area contributed by atoms with Crippen LogP contribution in [0.25, 0.3) is 5.69 Å². The highest BCUT2D eigenvalue weighted by molar-refractivity contribution is 6.00. The SMILES string of the molecule is O=C(Nc1ccn(-c2cncc(F)c2)n1)C1(c2cccc(F)c2)CC1. The van der Waals surface area contributed by atoms with E-state index in [1.807, 2.05) is 0 Å². The minimum absolute atomic E-state index is 0.222. The molecule has 2 aromatic heterocycles. The molecular weight excluding hydrogens is 326 g/mol. The predicted molar refractivity (Wildman–Crippen MR) is 87.3 cm³/mol. The number of amides is 1. The molecule has 1 N–H and O–H groups in total. The zero-order valence-corrected chi connectivity index (χ0v) is 13.1. The number of halogens is 2. The van der Waals surface area contributed by atoms with E-state index in [0.717, 1.165) is 6.20 Å². The van der Waals surface area contributed by atoms with Crippen LogP contribution in [-0.2, 0) is 10.2 Å². The average molecular weight is 340 g/mol. The van der Waals surface area contributed by atoms with E-state index in [0.29, 0.717) is 29.9 Å². The highest BCUT2D eigenvalue weighted by atomic mass is 19.1. The molecule has 1 saturated carbocycles. The topological polar surface area (TPSA) is 59.8 Å². The van der Waals surface area contributed by atoms with E-state index in [-0.39, 0.29) is 11.7 Å². The lowest BCUT2D eigenvalue weighted by Crippen LogP contribution is -2.28. The Bertz CT molecular complexity index is 950. The molecule has 0 bridgehead atoms. The second-order valence-electron chi connectivity index (χ2n) is 6.05. The summed E-state index contributed by atoms with van der Waals surface area (Å²) in [6.07, 6.45) is 5.50. The van der Waals surface area contributed by atoms with E-state index < -0.39 is 11.2 Å². The molecule has 1 aliphatic carbocycles. The van der Waals surface area contributed by atoms with Gasteiger partial charge in [0.25, 0.3) is 0 Å². The summed E-state index contributed by atoms with van der Waals surface area (Å²) < 4.78 is 28.1. The number of anilines is 1. The molecule has 0 atom stereocenters. The number of rotatable bonds is 4. The number of carbonyl (C=O) groups excluding carboxylic acids is 1. The Morgan fingerprint density at radius 3 is 2.68 bits per heavy atom. The van der Waals surface area contributed by atoms with Crippen molar-refractivity contribution in [1.82, 2.24) is 14.8 Å². The van der Waals surface area contributed by atoms with Gasteiger partial charge in [-0.15, -0.1) is 0 Å². The van der Waals surface area contributed by atoms with E-state index in [1.54, 1.807) is 24.4 Å². The van der Waals surface area contributed by atoms with Crippen molar-refractivity contribution in [2.45, 2.75) is 18.3 Å². The van der Waals surface area contributed by atoms with Gasteiger partial charge in [-0.3, -0.25) is 9.78 Å². The third kappa shape index (κ3) is 2.88. The largest absolute Gasteiger partial charge is 0.308 e. The van der Waals surface area contributed by atoms with Gasteiger partial charge in [-0.25, -0.2) is 13.5 Å². The van der Waals surface area contributed by atoms with Gasteiger partial charge in [-0.2, -0.15) is 5.10 Å². The number of benzene rings is 1. The van der Waals surface area contributed by atoms with Gasteiger partial charge in [-0.1, -0.05) is 12.1 Å². The fourth-order valence-electron chi connectivity index (χ4n) is 2.85. The molecule has 1 fully saturated rings. The Morgan fingerprint density at radius 2 is 1.96 bits per heavy atom. The number of aromatic nitrogens is 3. The molecule has 1 amide bonds. The van der Waals surface area contributed by atoms with Crippen LogP contribution in [0.2, 0.25) is 0 Å². The van der Waals surface area contributed by atoms with Crippen LogP contribution < -0.4 is 5.32 Å². The van der Waals surface area contributed by atoms with Crippen molar-refractivity contribution < 1.29 is 13.6 Å². The molecule has 3 aromatic rings. The zero-order chi connectivity index (χ0) is 17.4. The van der Waals surface area contributed by atoms with Crippen molar-refractivity contribution in [2.75, 3.05) is 5.32 Å². The predicted octanol–water partition coefficient (Wildman–Crippen LogP) is 3.22. The summed E-state index contributed by atoms with van der Waals surface area (Å²) in [5, 5.41) is 6.98. The maximum absolute atomic E-state index is 13.5. The Kier molecular flexibility index (Phi) is 3.56. The first-order valence-corrected chi connectivity index (χ1v) is 7.81. The van der Waals surface area contributed by atoms with Crippen molar-refractivity contribution >= 4 is 11.7 Å². The number of nitrogens with zero attached hydrogens (tertiary/aromatic N) is 3. The van der Waals surface area contributed by atoms with Gasteiger partial charge in [0.1, 0.15) is 11.6 Å². The van der Waals surface area contributed by atoms with Gasteiger partial charge in [0.15, 0.2) is 5.82 Å². The number of nitrogens with one attached hydrogen (secondary N) is 1. The number of hydrogen-bond donors (Lipinski definition) is 1. The molecule has 25 heavy (non-hydrogen) atoms. The summed E-state index contributed by atoms with van der Waals surface area (Å²) in [5.41, 5.74) is 0.414. The van der Waals surface area contributed by atoms with Crippen LogP contribution in [0.1, 0.15) is 18.4 Å². The van der Waals surface area contributed by atoms with Crippen molar-refractivity contribution in [1.29, 1.82) is 0 Å². The van der Waals surface area contributed by atoms with Crippen molar-refractivity contribution in [3.63, 3.8) is 0 Å². The van der Waals surface area contributed by atoms with Gasteiger partial charge in [0.05, 0.1) is 23.5 Å². The highest BCUT2D eigenvalue weighted by Gasteiger charge is 2.51. The van der Waals surface area contributed by atoms with Gasteiger partial charge in [0, 0.05) is 18.3 Å². The first-order valence-electron chi connectivity index (χ1n) is 7.81. The lowest BCUT2D eigenvalue weighted by atomic mass is 9.95. The third-order valence-corrected chi connectivity index (χ3v) is 4.35. The van der Waals surface area contributed by atoms with Crippen LogP contribution in [0.4, 0.5) is 14.6 Å². The average Bonchev–Trinajstić information content (AvgIpc) is 3.29. The number of pyridine rings is 1. The van der Waals surface area contributed by atoms with Crippen LogP contribution in [0.15, 0.2) is 55.0 Å². The van der Waals surface area contributed by atoms with Crippen LogP contribution in [0.5, 0.6) is 0 Å². The minimum atomic E-state index is -0.702. The quantitative estimate of drug-likeness (QED) is 0.793. The zero-order valence-electron chi connectivity index (χ0n) is 13.1. The number of carbonyl (C=O) groups is 1. The van der Waals surface area contributed by atoms with Gasteiger partial charge in [-0.05, 0) is 30.5 Å². The van der Waals surface area contributed by atoms with Crippen molar-refractivity contribution in [3.05, 3.63) is 72.2 Å². The summed E-state index contributed by atoms with van der Waals surface area (Å²) in [5.74, 6) is -0.710. The maximum Gasteiger partial charge on any atom is 0.236 e. The smallest absolute Gasteiger partial charge is 0.236 e. The Hall–Kier alpha value is -3.09. The van der Waals surface area contributed by atoms with E-state index in [9.17, 15) is 13.6 Å². The van der Waals surface area contributed by atoms with Crippen molar-refractivity contribution in [2.24, 2.45) is 0 Å². The normalized spacial score (nSPS) is 15.0. The number of hydrogen-bond acceptors (Lipinski definition) is 3. The second kappa shape index (κ2) is 5.77. The fraction of sp³-hybridized carbons (Fsp3) is 0.167. The van der Waals surface area contributed by atoms with Gasteiger partial charge >= 0.3 is 0 Å². The molecule has 0 spiro atoms. The van der Waals surface area contributed by atoms with E-state index in [4.69, 9.17) is 0 Å². The monoisotopic (exact) mass is 340 g/mol. The molecule has 7 heteroatoms. The lowest BCUT2D eigenvalue weighted by molar-refractivity contribution is -0.118. The third-order valence-electron chi connectivity index (χ3n) is 4.35. The fourth-order valence-corrected chi connectivity index (χ4v) is 2.85. The molecule has 1 aromatic carbocycles. The van der Waals surface area contributed by atoms with Gasteiger partial charge in [0.2, 0.25) is 5.91 Å². The van der Waals surface area contributed by atoms with Crippen molar-refractivity contribution in [3.8, 4) is 5.69 Å². The molecule has 1 aliphatic rings. The standard InChI is InChI=1S/C18H14F2N4O/c19-13-3-1-2-12(8-13)18(5-6-18)17(25)22-16-4-7-24(23-16)15-9-14(20)10-21-11-15/h1-4,7-11H,5-6H2,(H,22,23,25). The minimum Gasteiger partial charge on any atom is -0.308 e. The molecule has 0 radical (unpaired) electrons. The van der Waals surface area contributed by atoms with E-state index in [2.05, 4.69) is 15.4 Å². The highest BCUT2D eigenvalue weighted by Crippen LogP contribution is 2.49. The van der Waals surface area contributed by atoms with Crippen LogP contribution >= 0.6 is 0 Å². The molecular formula is C18H14F2N4O. The van der Waals surface area contributed by atoms with E-state index >= 15 is 0 Å². The summed E-state index contributed by atoms with van der Waals surface area (Å²) in [6, 6.07) is 9.01. The summed E-state index contributed by atoms with van der Waals surface area (Å²) >= 11 is 0. The van der Waals surface area contributed by atoms with Crippen LogP contribution in [0.3, 0.4) is 0 Å². The first-order chi connectivity index (χ1) is 12.1. The molecule has 0 saturated heterocycles. The molecule has 4 rings (SSSR count). The molecule has 126 valence electrons. The Labute approximate surface area is 142 Å². The molecule has 2 heterocycles. The lowest BCUT2D eigenvalue weighted by Gasteiger charge is -2.14. The van der Waals surface area contributed by atoms with Crippen LogP contribution in [0, 0.1) is 11.6 Å². The van der Waals surface area contributed by atoms with E-state index in [1.165, 1.54) is 29.1 Å².